The molecule has 52 valence electrons. The number of alkyl halides is 1. The van der Waals surface area contributed by atoms with E-state index in [4.69, 9.17) is 0 Å². The summed E-state index contributed by atoms with van der Waals surface area (Å²) in [5, 5.41) is 3.24. The van der Waals surface area contributed by atoms with E-state index in [-0.39, 0.29) is 12.1 Å². The minimum Gasteiger partial charge on any atom is -0.316 e. The molecule has 9 heavy (non-hydrogen) atoms. The predicted octanol–water partition coefficient (Wildman–Crippen LogP) is 0.811. The van der Waals surface area contributed by atoms with E-state index in [0.717, 1.165) is 13.1 Å². The number of hydrogen-bond donors (Lipinski definition) is 1. The molecule has 1 saturated carbocycles. The molecule has 2 heteroatoms. The summed E-state index contributed by atoms with van der Waals surface area (Å²) in [6, 6.07) is 0. The molecule has 0 amide bonds. The smallest absolute Gasteiger partial charge is 0.0954 e. The van der Waals surface area contributed by atoms with Crippen molar-refractivity contribution in [3.05, 3.63) is 0 Å². The Kier molecular flexibility index (Phi) is 0.933. The zero-order chi connectivity index (χ0) is 6.48. The van der Waals surface area contributed by atoms with Gasteiger partial charge in [0.05, 0.1) is 6.67 Å². The van der Waals surface area contributed by atoms with E-state index in [1.54, 1.807) is 0 Å². The van der Waals surface area contributed by atoms with E-state index in [2.05, 4.69) is 12.2 Å². The van der Waals surface area contributed by atoms with Crippen molar-refractivity contribution in [1.29, 1.82) is 0 Å². The molecule has 1 N–H and O–H groups in total. The van der Waals surface area contributed by atoms with Gasteiger partial charge in [0.2, 0.25) is 0 Å². The van der Waals surface area contributed by atoms with Crippen molar-refractivity contribution in [1.82, 2.24) is 5.32 Å². The van der Waals surface area contributed by atoms with E-state index in [1.165, 1.54) is 0 Å². The van der Waals surface area contributed by atoms with Gasteiger partial charge in [-0.05, 0) is 24.9 Å². The minimum absolute atomic E-state index is 0.0747. The first-order chi connectivity index (χ1) is 4.29. The monoisotopic (exact) mass is 129 g/mol. The Hall–Kier alpha value is -0.110. The van der Waals surface area contributed by atoms with Crippen LogP contribution in [0.2, 0.25) is 0 Å². The molecule has 2 unspecified atom stereocenters. The van der Waals surface area contributed by atoms with Crippen LogP contribution in [-0.2, 0) is 0 Å². The van der Waals surface area contributed by atoms with Crippen LogP contribution in [0.25, 0.3) is 0 Å². The Morgan fingerprint density at radius 1 is 1.56 bits per heavy atom. The van der Waals surface area contributed by atoms with Crippen molar-refractivity contribution in [3.63, 3.8) is 0 Å². The van der Waals surface area contributed by atoms with Crippen LogP contribution in [0.4, 0.5) is 4.39 Å². The van der Waals surface area contributed by atoms with Crippen molar-refractivity contribution in [2.75, 3.05) is 19.8 Å². The Morgan fingerprint density at radius 2 is 2.11 bits per heavy atom. The number of hydrogen-bond acceptors (Lipinski definition) is 1. The predicted molar refractivity (Wildman–Crippen MR) is 33.9 cm³/mol. The van der Waals surface area contributed by atoms with Gasteiger partial charge in [-0.3, -0.25) is 4.39 Å². The van der Waals surface area contributed by atoms with E-state index >= 15 is 0 Å². The van der Waals surface area contributed by atoms with E-state index in [1.807, 2.05) is 0 Å². The zero-order valence-corrected chi connectivity index (χ0v) is 5.65. The lowest BCUT2D eigenvalue weighted by Crippen LogP contribution is -2.21. The molecule has 1 aliphatic carbocycles. The minimum atomic E-state index is -0.121. The van der Waals surface area contributed by atoms with Crippen molar-refractivity contribution in [2.24, 2.45) is 17.3 Å². The number of nitrogens with one attached hydrogen (secondary N) is 1. The van der Waals surface area contributed by atoms with E-state index in [0.29, 0.717) is 11.8 Å². The molecular formula is C7H12FN. The van der Waals surface area contributed by atoms with Crippen LogP contribution in [0, 0.1) is 17.3 Å². The highest BCUT2D eigenvalue weighted by molar-refractivity contribution is 5.12. The first-order valence-electron chi connectivity index (χ1n) is 3.56. The highest BCUT2D eigenvalue weighted by atomic mass is 19.1. The Morgan fingerprint density at radius 3 is 2.44 bits per heavy atom. The van der Waals surface area contributed by atoms with Crippen LogP contribution >= 0.6 is 0 Å². The molecule has 1 aliphatic heterocycles. The lowest BCUT2D eigenvalue weighted by atomic mass is 10.1. The Bertz CT molecular complexity index is 125. The Balaban J connectivity index is 2.07. The summed E-state index contributed by atoms with van der Waals surface area (Å²) in [5.74, 6) is 1.31. The van der Waals surface area contributed by atoms with Crippen LogP contribution in [0.3, 0.4) is 0 Å². The molecule has 2 fully saturated rings. The number of rotatable bonds is 1. The fraction of sp³-hybridized carbons (Fsp3) is 1.00. The molecule has 0 spiro atoms. The summed E-state index contributed by atoms with van der Waals surface area (Å²) in [6.45, 7) is 4.03. The van der Waals surface area contributed by atoms with Crippen LogP contribution in [0.15, 0.2) is 0 Å². The second-order valence-electron chi connectivity index (χ2n) is 3.51. The van der Waals surface area contributed by atoms with Crippen molar-refractivity contribution in [3.8, 4) is 0 Å². The zero-order valence-electron chi connectivity index (χ0n) is 5.65. The van der Waals surface area contributed by atoms with Gasteiger partial charge in [0.15, 0.2) is 0 Å². The molecule has 0 radical (unpaired) electrons. The van der Waals surface area contributed by atoms with Gasteiger partial charge >= 0.3 is 0 Å². The number of fused-ring (bicyclic) bond motifs is 1. The van der Waals surface area contributed by atoms with Crippen molar-refractivity contribution < 1.29 is 4.39 Å². The van der Waals surface area contributed by atoms with Crippen LogP contribution in [0.1, 0.15) is 6.92 Å². The Labute approximate surface area is 54.6 Å². The van der Waals surface area contributed by atoms with Crippen LogP contribution < -0.4 is 5.32 Å². The van der Waals surface area contributed by atoms with Crippen LogP contribution in [-0.4, -0.2) is 19.8 Å². The fourth-order valence-corrected chi connectivity index (χ4v) is 2.11. The molecule has 1 nitrogen and oxygen atoms in total. The summed E-state index contributed by atoms with van der Waals surface area (Å²) >= 11 is 0. The molecule has 2 atom stereocenters. The average Bonchev–Trinajstić information content (AvgIpc) is 2.39. The van der Waals surface area contributed by atoms with Gasteiger partial charge in [0.25, 0.3) is 0 Å². The standard InChI is InChI=1S/C7H12FN/c1-7(4-8)5-2-9-3-6(5)7/h5-6,9H,2-4H2,1H3. The third kappa shape index (κ3) is 0.522. The van der Waals surface area contributed by atoms with Gasteiger partial charge in [-0.25, -0.2) is 0 Å². The quantitative estimate of drug-likeness (QED) is 0.552. The van der Waals surface area contributed by atoms with Gasteiger partial charge in [-0.1, -0.05) is 6.92 Å². The van der Waals surface area contributed by atoms with Gasteiger partial charge in [0.1, 0.15) is 0 Å². The molecular weight excluding hydrogens is 117 g/mol. The van der Waals surface area contributed by atoms with Crippen molar-refractivity contribution >= 4 is 0 Å². The highest BCUT2D eigenvalue weighted by Crippen LogP contribution is 2.60. The number of piperidine rings is 1. The molecule has 1 saturated heterocycles. The lowest BCUT2D eigenvalue weighted by molar-refractivity contribution is 0.308. The van der Waals surface area contributed by atoms with Crippen LogP contribution in [0.5, 0.6) is 0 Å². The van der Waals surface area contributed by atoms with Crippen molar-refractivity contribution in [2.45, 2.75) is 6.92 Å². The third-order valence-electron chi connectivity index (χ3n) is 3.09. The van der Waals surface area contributed by atoms with Gasteiger partial charge in [-0.15, -0.1) is 0 Å². The average molecular weight is 129 g/mol. The van der Waals surface area contributed by atoms with Gasteiger partial charge in [-0.2, -0.15) is 0 Å². The molecule has 0 aromatic rings. The summed E-state index contributed by atoms with van der Waals surface area (Å²) in [4.78, 5) is 0. The lowest BCUT2D eigenvalue weighted by Gasteiger charge is -2.09. The second-order valence-corrected chi connectivity index (χ2v) is 3.51. The summed E-state index contributed by atoms with van der Waals surface area (Å²) in [5.41, 5.74) is 0.0747. The molecule has 0 aromatic carbocycles. The highest BCUT2D eigenvalue weighted by Gasteiger charge is 2.62. The second kappa shape index (κ2) is 1.48. The number of halogens is 1. The topological polar surface area (TPSA) is 12.0 Å². The summed E-state index contributed by atoms with van der Waals surface area (Å²) in [7, 11) is 0. The van der Waals surface area contributed by atoms with Gasteiger partial charge < -0.3 is 5.32 Å². The van der Waals surface area contributed by atoms with Gasteiger partial charge in [0, 0.05) is 5.41 Å². The first kappa shape index (κ1) is 5.66. The molecule has 0 aromatic heterocycles. The van der Waals surface area contributed by atoms with E-state index in [9.17, 15) is 4.39 Å². The maximum Gasteiger partial charge on any atom is 0.0954 e. The molecule has 2 rings (SSSR count). The normalized spacial score (nSPS) is 55.3. The molecule has 1 heterocycles. The fourth-order valence-electron chi connectivity index (χ4n) is 2.11. The molecule has 0 bridgehead atoms. The molecule has 2 aliphatic rings. The summed E-state index contributed by atoms with van der Waals surface area (Å²) < 4.78 is 12.3. The summed E-state index contributed by atoms with van der Waals surface area (Å²) in [6.07, 6.45) is 0. The maximum atomic E-state index is 12.3. The largest absolute Gasteiger partial charge is 0.316 e. The SMILES string of the molecule is CC1(CF)C2CNCC21. The van der Waals surface area contributed by atoms with E-state index < -0.39 is 0 Å². The third-order valence-corrected chi connectivity index (χ3v) is 3.09. The maximum absolute atomic E-state index is 12.3. The first-order valence-corrected chi connectivity index (χ1v) is 3.56.